The van der Waals surface area contributed by atoms with Crippen LogP contribution in [0.1, 0.15) is 34.1 Å². The number of pyridine rings is 1. The number of aryl methyl sites for hydroxylation is 1. The number of hydrogen-bond donors (Lipinski definition) is 1. The van der Waals surface area contributed by atoms with Crippen LogP contribution in [-0.2, 0) is 16.4 Å². The molecule has 10 heteroatoms. The fourth-order valence-corrected chi connectivity index (χ4v) is 6.32. The maximum Gasteiger partial charge on any atom is 0.252 e. The Bertz CT molecular complexity index is 1550. The highest BCUT2D eigenvalue weighted by molar-refractivity contribution is 7.91. The van der Waals surface area contributed by atoms with E-state index < -0.39 is 9.84 Å². The van der Waals surface area contributed by atoms with Crippen LogP contribution in [0.2, 0.25) is 5.02 Å². The summed E-state index contributed by atoms with van der Waals surface area (Å²) < 4.78 is 31.3. The molecule has 0 spiro atoms. The Morgan fingerprint density at radius 1 is 1.17 bits per heavy atom. The molecule has 1 aliphatic heterocycles. The van der Waals surface area contributed by atoms with Crippen molar-refractivity contribution in [3.05, 3.63) is 76.4 Å². The largest absolute Gasteiger partial charge is 0.497 e. The highest BCUT2D eigenvalue weighted by atomic mass is 35.5. The van der Waals surface area contributed by atoms with E-state index in [1.54, 1.807) is 30.0 Å². The van der Waals surface area contributed by atoms with Gasteiger partial charge in [-0.1, -0.05) is 23.7 Å². The summed E-state index contributed by atoms with van der Waals surface area (Å²) in [6, 6.07) is 16.1. The lowest BCUT2D eigenvalue weighted by Crippen LogP contribution is -2.23. The minimum absolute atomic E-state index is 0.00968. The van der Waals surface area contributed by atoms with Gasteiger partial charge in [0.25, 0.3) is 5.91 Å². The van der Waals surface area contributed by atoms with Gasteiger partial charge in [0.2, 0.25) is 0 Å². The van der Waals surface area contributed by atoms with E-state index in [2.05, 4.69) is 10.4 Å². The zero-order chi connectivity index (χ0) is 25.4. The molecule has 8 nitrogen and oxygen atoms in total. The zero-order valence-corrected chi connectivity index (χ0v) is 21.4. The molecule has 1 aliphatic rings. The first kappa shape index (κ1) is 24.3. The second kappa shape index (κ2) is 9.55. The van der Waals surface area contributed by atoms with Crippen molar-refractivity contribution in [2.24, 2.45) is 0 Å². The summed E-state index contributed by atoms with van der Waals surface area (Å²) in [6.07, 6.45) is 0.463. The topological polar surface area (TPSA) is 103 Å². The molecule has 1 unspecified atom stereocenters. The van der Waals surface area contributed by atoms with E-state index >= 15 is 0 Å². The van der Waals surface area contributed by atoms with Gasteiger partial charge in [-0.15, -0.1) is 0 Å². The fraction of sp³-hybridized carbons (Fsp3) is 0.269. The van der Waals surface area contributed by atoms with Crippen LogP contribution in [0.25, 0.3) is 22.3 Å². The molecule has 1 saturated heterocycles. The van der Waals surface area contributed by atoms with E-state index in [1.807, 2.05) is 43.3 Å². The van der Waals surface area contributed by atoms with Crippen molar-refractivity contribution in [1.29, 1.82) is 0 Å². The number of ether oxygens (including phenoxy) is 1. The number of hydrogen-bond acceptors (Lipinski definition) is 6. The third kappa shape index (κ3) is 4.81. The Kier molecular flexibility index (Phi) is 6.44. The van der Waals surface area contributed by atoms with Crippen LogP contribution in [0.15, 0.2) is 54.6 Å². The summed E-state index contributed by atoms with van der Waals surface area (Å²) in [5.41, 5.74) is 3.86. The van der Waals surface area contributed by atoms with Crippen LogP contribution in [0.3, 0.4) is 0 Å². The average molecular weight is 525 g/mol. The number of fused-ring (bicyclic) bond motifs is 1. The van der Waals surface area contributed by atoms with Gasteiger partial charge in [-0.05, 0) is 61.4 Å². The van der Waals surface area contributed by atoms with E-state index in [4.69, 9.17) is 21.3 Å². The Hall–Kier alpha value is -3.43. The van der Waals surface area contributed by atoms with Crippen LogP contribution >= 0.6 is 11.6 Å². The van der Waals surface area contributed by atoms with Gasteiger partial charge >= 0.3 is 0 Å². The third-order valence-electron chi connectivity index (χ3n) is 6.39. The molecule has 0 bridgehead atoms. The average Bonchev–Trinajstić information content (AvgIpc) is 3.41. The van der Waals surface area contributed by atoms with Gasteiger partial charge in [0.15, 0.2) is 15.5 Å². The molecule has 0 saturated carbocycles. The molecule has 1 amide bonds. The predicted octanol–water partition coefficient (Wildman–Crippen LogP) is 4.36. The number of carbonyl (C=O) groups excluding carboxylic acids is 1. The van der Waals surface area contributed by atoms with Crippen molar-refractivity contribution >= 4 is 38.4 Å². The van der Waals surface area contributed by atoms with Gasteiger partial charge in [-0.3, -0.25) is 4.79 Å². The SMILES string of the molecule is COc1ccc(-c2cc(C(=O)NCc3ccc(Cl)cc3)c3c(C)nn(C4CCS(=O)(=O)C4)c3n2)cc1. The van der Waals surface area contributed by atoms with Gasteiger partial charge < -0.3 is 10.1 Å². The maximum atomic E-state index is 13.5. The smallest absolute Gasteiger partial charge is 0.252 e. The standard InChI is InChI=1S/C26H25ClN4O4S/c1-16-24-22(26(32)28-14-17-3-7-19(27)8-4-17)13-23(18-5-9-21(35-2)10-6-18)29-25(24)31(30-16)20-11-12-36(33,34)15-20/h3-10,13,20H,11-12,14-15H2,1-2H3,(H,28,32). The van der Waals surface area contributed by atoms with Crippen LogP contribution in [0, 0.1) is 6.92 Å². The molecular weight excluding hydrogens is 500 g/mol. The molecule has 0 radical (unpaired) electrons. The molecule has 1 atom stereocenters. The lowest BCUT2D eigenvalue weighted by atomic mass is 10.0. The van der Waals surface area contributed by atoms with Crippen LogP contribution < -0.4 is 10.1 Å². The number of carbonyl (C=O) groups is 1. The van der Waals surface area contributed by atoms with Gasteiger partial charge in [0, 0.05) is 17.1 Å². The number of nitrogens with one attached hydrogen (secondary N) is 1. The Labute approximate surface area is 214 Å². The number of halogens is 1. The van der Waals surface area contributed by atoms with Crippen molar-refractivity contribution in [2.75, 3.05) is 18.6 Å². The summed E-state index contributed by atoms with van der Waals surface area (Å²) >= 11 is 5.97. The predicted molar refractivity (Wildman–Crippen MR) is 139 cm³/mol. The lowest BCUT2D eigenvalue weighted by molar-refractivity contribution is 0.0952. The number of nitrogens with zero attached hydrogens (tertiary/aromatic N) is 3. The molecule has 1 N–H and O–H groups in total. The second-order valence-corrected chi connectivity index (χ2v) is 11.5. The number of aromatic nitrogens is 3. The summed E-state index contributed by atoms with van der Waals surface area (Å²) in [5, 5.41) is 8.87. The van der Waals surface area contributed by atoms with Gasteiger partial charge in [-0.25, -0.2) is 18.1 Å². The first-order chi connectivity index (χ1) is 17.2. The molecule has 3 heterocycles. The van der Waals surface area contributed by atoms with Crippen molar-refractivity contribution in [3.63, 3.8) is 0 Å². The second-order valence-electron chi connectivity index (χ2n) is 8.88. The van der Waals surface area contributed by atoms with E-state index in [0.717, 1.165) is 11.1 Å². The van der Waals surface area contributed by atoms with Gasteiger partial charge in [0.05, 0.1) is 47.0 Å². The summed E-state index contributed by atoms with van der Waals surface area (Å²) in [7, 11) is -1.54. The van der Waals surface area contributed by atoms with E-state index in [0.29, 0.717) is 51.7 Å². The molecular formula is C26H25ClN4O4S. The third-order valence-corrected chi connectivity index (χ3v) is 8.39. The molecule has 5 rings (SSSR count). The number of rotatable bonds is 6. The van der Waals surface area contributed by atoms with Gasteiger partial charge in [-0.2, -0.15) is 5.10 Å². The Morgan fingerprint density at radius 3 is 2.53 bits per heavy atom. The Balaban J connectivity index is 1.59. The van der Waals surface area contributed by atoms with Crippen molar-refractivity contribution in [3.8, 4) is 17.0 Å². The molecule has 0 aliphatic carbocycles. The molecule has 186 valence electrons. The highest BCUT2D eigenvalue weighted by Crippen LogP contribution is 2.32. The monoisotopic (exact) mass is 524 g/mol. The maximum absolute atomic E-state index is 13.5. The Morgan fingerprint density at radius 2 is 1.89 bits per heavy atom. The molecule has 1 fully saturated rings. The van der Waals surface area contributed by atoms with Crippen molar-refractivity contribution in [2.45, 2.75) is 25.9 Å². The first-order valence-corrected chi connectivity index (χ1v) is 13.7. The molecule has 36 heavy (non-hydrogen) atoms. The van der Waals surface area contributed by atoms with Gasteiger partial charge in [0.1, 0.15) is 5.75 Å². The zero-order valence-electron chi connectivity index (χ0n) is 19.9. The number of sulfone groups is 1. The van der Waals surface area contributed by atoms with Crippen molar-refractivity contribution < 1.29 is 17.9 Å². The quantitative estimate of drug-likeness (QED) is 0.402. The number of benzene rings is 2. The van der Waals surface area contributed by atoms with Crippen LogP contribution in [0.4, 0.5) is 0 Å². The number of methoxy groups -OCH3 is 1. The summed E-state index contributed by atoms with van der Waals surface area (Å²) in [5.74, 6) is 0.562. The molecule has 4 aromatic rings. The minimum Gasteiger partial charge on any atom is -0.497 e. The molecule has 2 aromatic carbocycles. The summed E-state index contributed by atoms with van der Waals surface area (Å²) in [6.45, 7) is 2.14. The number of amides is 1. The van der Waals surface area contributed by atoms with Crippen LogP contribution in [-0.4, -0.2) is 47.7 Å². The van der Waals surface area contributed by atoms with E-state index in [-0.39, 0.29) is 23.5 Å². The molecule has 2 aromatic heterocycles. The van der Waals surface area contributed by atoms with E-state index in [1.165, 1.54) is 0 Å². The first-order valence-electron chi connectivity index (χ1n) is 11.5. The highest BCUT2D eigenvalue weighted by Gasteiger charge is 2.32. The lowest BCUT2D eigenvalue weighted by Gasteiger charge is -2.13. The van der Waals surface area contributed by atoms with Crippen LogP contribution in [0.5, 0.6) is 5.75 Å². The fourth-order valence-electron chi connectivity index (χ4n) is 4.50. The van der Waals surface area contributed by atoms with E-state index in [9.17, 15) is 13.2 Å². The minimum atomic E-state index is -3.13. The summed E-state index contributed by atoms with van der Waals surface area (Å²) in [4.78, 5) is 18.3. The normalized spacial score (nSPS) is 16.8. The van der Waals surface area contributed by atoms with Crippen molar-refractivity contribution in [1.82, 2.24) is 20.1 Å².